The molecule has 0 fully saturated rings. The molecule has 1 aromatic heterocycles. The predicted octanol–water partition coefficient (Wildman–Crippen LogP) is 1.90. The van der Waals surface area contributed by atoms with E-state index in [0.717, 1.165) is 17.0 Å². The minimum absolute atomic E-state index is 0.403. The minimum Gasteiger partial charge on any atom is -0.371 e. The van der Waals surface area contributed by atoms with Gasteiger partial charge in [-0.25, -0.2) is 0 Å². The van der Waals surface area contributed by atoms with Gasteiger partial charge in [0.2, 0.25) is 0 Å². The van der Waals surface area contributed by atoms with E-state index in [4.69, 9.17) is 10.5 Å². The van der Waals surface area contributed by atoms with Crippen molar-refractivity contribution in [3.8, 4) is 11.3 Å². The molecule has 0 bridgehead atoms. The fourth-order valence-corrected chi connectivity index (χ4v) is 1.65. The first kappa shape index (κ1) is 11.8. The Hall–Kier alpha value is -1.65. The van der Waals surface area contributed by atoms with Crippen molar-refractivity contribution in [2.45, 2.75) is 12.5 Å². The number of nitrogens with zero attached hydrogens (tertiary/aromatic N) is 1. The second-order valence-electron chi connectivity index (χ2n) is 4.17. The molecule has 1 aromatic carbocycles. The summed E-state index contributed by atoms with van der Waals surface area (Å²) in [4.78, 5) is 0. The van der Waals surface area contributed by atoms with Crippen molar-refractivity contribution < 1.29 is 4.74 Å². The quantitative estimate of drug-likeness (QED) is 0.844. The van der Waals surface area contributed by atoms with Crippen LogP contribution in [0.4, 0.5) is 0 Å². The molecule has 0 saturated heterocycles. The van der Waals surface area contributed by atoms with Gasteiger partial charge in [-0.1, -0.05) is 30.3 Å². The number of benzene rings is 1. The molecule has 0 aliphatic rings. The molecular formula is C13H17N3O. The van der Waals surface area contributed by atoms with Crippen LogP contribution >= 0.6 is 0 Å². The van der Waals surface area contributed by atoms with Gasteiger partial charge in [0.05, 0.1) is 11.4 Å². The van der Waals surface area contributed by atoms with E-state index in [1.54, 1.807) is 7.11 Å². The number of H-pyrrole nitrogens is 1. The van der Waals surface area contributed by atoms with Crippen LogP contribution in [-0.2, 0) is 10.3 Å². The highest BCUT2D eigenvalue weighted by Gasteiger charge is 2.26. The van der Waals surface area contributed by atoms with E-state index in [-0.39, 0.29) is 0 Å². The summed E-state index contributed by atoms with van der Waals surface area (Å²) in [5.41, 5.74) is 8.08. The number of hydrogen-bond acceptors (Lipinski definition) is 3. The second-order valence-corrected chi connectivity index (χ2v) is 4.17. The molecule has 2 rings (SSSR count). The average molecular weight is 231 g/mol. The summed E-state index contributed by atoms with van der Waals surface area (Å²) in [5.74, 6) is 0. The Bertz CT molecular complexity index is 474. The maximum Gasteiger partial charge on any atom is 0.118 e. The molecular weight excluding hydrogens is 214 g/mol. The Labute approximate surface area is 101 Å². The van der Waals surface area contributed by atoms with Crippen LogP contribution < -0.4 is 5.73 Å². The van der Waals surface area contributed by atoms with Crippen LogP contribution in [0.15, 0.2) is 36.4 Å². The summed E-state index contributed by atoms with van der Waals surface area (Å²) in [6, 6.07) is 12.0. The molecule has 17 heavy (non-hydrogen) atoms. The van der Waals surface area contributed by atoms with Gasteiger partial charge in [0.25, 0.3) is 0 Å². The summed E-state index contributed by atoms with van der Waals surface area (Å²) in [6.45, 7) is 2.34. The van der Waals surface area contributed by atoms with Gasteiger partial charge in [-0.15, -0.1) is 0 Å². The van der Waals surface area contributed by atoms with E-state index < -0.39 is 5.60 Å². The average Bonchev–Trinajstić information content (AvgIpc) is 2.89. The Kier molecular flexibility index (Phi) is 3.26. The normalized spacial score (nSPS) is 14.5. The lowest BCUT2D eigenvalue weighted by Crippen LogP contribution is -2.34. The lowest BCUT2D eigenvalue weighted by molar-refractivity contribution is 0.00638. The number of nitrogens with one attached hydrogen (secondary N) is 1. The van der Waals surface area contributed by atoms with Crippen molar-refractivity contribution in [3.05, 3.63) is 42.1 Å². The number of nitrogens with two attached hydrogens (primary N) is 1. The van der Waals surface area contributed by atoms with Crippen molar-refractivity contribution in [1.29, 1.82) is 0 Å². The summed E-state index contributed by atoms with van der Waals surface area (Å²) in [6.07, 6.45) is 0. The van der Waals surface area contributed by atoms with Gasteiger partial charge in [0.15, 0.2) is 0 Å². The van der Waals surface area contributed by atoms with Crippen LogP contribution in [-0.4, -0.2) is 23.9 Å². The third kappa shape index (κ3) is 2.23. The van der Waals surface area contributed by atoms with E-state index in [1.165, 1.54) is 0 Å². The van der Waals surface area contributed by atoms with Crippen LogP contribution in [0.1, 0.15) is 12.6 Å². The Morgan fingerprint density at radius 2 is 2.06 bits per heavy atom. The topological polar surface area (TPSA) is 63.9 Å². The molecule has 4 heteroatoms. The first-order valence-corrected chi connectivity index (χ1v) is 5.56. The van der Waals surface area contributed by atoms with Crippen LogP contribution in [0.3, 0.4) is 0 Å². The summed E-state index contributed by atoms with van der Waals surface area (Å²) in [7, 11) is 1.65. The molecule has 0 radical (unpaired) electrons. The maximum atomic E-state index is 5.72. The summed E-state index contributed by atoms with van der Waals surface area (Å²) in [5, 5.41) is 7.28. The van der Waals surface area contributed by atoms with Gasteiger partial charge in [0.1, 0.15) is 5.60 Å². The third-order valence-corrected chi connectivity index (χ3v) is 3.06. The zero-order valence-electron chi connectivity index (χ0n) is 10.1. The van der Waals surface area contributed by atoms with E-state index in [9.17, 15) is 0 Å². The highest BCUT2D eigenvalue weighted by molar-refractivity contribution is 5.59. The van der Waals surface area contributed by atoms with Gasteiger partial charge in [-0.05, 0) is 13.0 Å². The van der Waals surface area contributed by atoms with Crippen molar-refractivity contribution in [1.82, 2.24) is 10.2 Å². The van der Waals surface area contributed by atoms with Crippen LogP contribution in [0.5, 0.6) is 0 Å². The standard InChI is InChI=1S/C13H17N3O/c1-13(9-14,17-2)12-8-11(15-16-12)10-6-4-3-5-7-10/h3-8H,9,14H2,1-2H3,(H,15,16). The molecule has 2 aromatic rings. The first-order chi connectivity index (χ1) is 8.19. The van der Waals surface area contributed by atoms with Gasteiger partial charge in [-0.2, -0.15) is 5.10 Å². The molecule has 90 valence electrons. The van der Waals surface area contributed by atoms with Gasteiger partial charge in [0, 0.05) is 19.2 Å². The van der Waals surface area contributed by atoms with E-state index >= 15 is 0 Å². The highest BCUT2D eigenvalue weighted by atomic mass is 16.5. The zero-order chi connectivity index (χ0) is 12.3. The molecule has 1 unspecified atom stereocenters. The largest absolute Gasteiger partial charge is 0.371 e. The smallest absolute Gasteiger partial charge is 0.118 e. The number of rotatable bonds is 4. The molecule has 1 heterocycles. The number of hydrogen-bond donors (Lipinski definition) is 2. The van der Waals surface area contributed by atoms with Crippen molar-refractivity contribution >= 4 is 0 Å². The lowest BCUT2D eigenvalue weighted by atomic mass is 10.0. The number of methoxy groups -OCH3 is 1. The molecule has 0 aliphatic carbocycles. The molecule has 0 aliphatic heterocycles. The molecule has 0 spiro atoms. The Morgan fingerprint density at radius 3 is 2.65 bits per heavy atom. The van der Waals surface area contributed by atoms with Crippen LogP contribution in [0.25, 0.3) is 11.3 Å². The number of aromatic amines is 1. The fourth-order valence-electron chi connectivity index (χ4n) is 1.65. The Morgan fingerprint density at radius 1 is 1.35 bits per heavy atom. The predicted molar refractivity (Wildman–Crippen MR) is 67.4 cm³/mol. The van der Waals surface area contributed by atoms with Gasteiger partial charge in [-0.3, -0.25) is 5.10 Å². The molecule has 3 N–H and O–H groups in total. The maximum absolute atomic E-state index is 5.72. The second kappa shape index (κ2) is 4.69. The monoisotopic (exact) mass is 231 g/mol. The van der Waals surface area contributed by atoms with E-state index in [0.29, 0.717) is 6.54 Å². The molecule has 0 saturated carbocycles. The number of aromatic nitrogens is 2. The van der Waals surface area contributed by atoms with E-state index in [1.807, 2.05) is 43.3 Å². The first-order valence-electron chi connectivity index (χ1n) is 5.56. The fraction of sp³-hybridized carbons (Fsp3) is 0.308. The molecule has 0 amide bonds. The molecule has 4 nitrogen and oxygen atoms in total. The summed E-state index contributed by atoms with van der Waals surface area (Å²) < 4.78 is 5.43. The lowest BCUT2D eigenvalue weighted by Gasteiger charge is -2.24. The van der Waals surface area contributed by atoms with Crippen molar-refractivity contribution in [3.63, 3.8) is 0 Å². The zero-order valence-corrected chi connectivity index (χ0v) is 10.1. The van der Waals surface area contributed by atoms with Crippen LogP contribution in [0, 0.1) is 0 Å². The molecule has 1 atom stereocenters. The SMILES string of the molecule is COC(C)(CN)c1cc(-c2ccccc2)n[nH]1. The van der Waals surface area contributed by atoms with Crippen molar-refractivity contribution in [2.75, 3.05) is 13.7 Å². The van der Waals surface area contributed by atoms with Crippen LogP contribution in [0.2, 0.25) is 0 Å². The van der Waals surface area contributed by atoms with Gasteiger partial charge >= 0.3 is 0 Å². The van der Waals surface area contributed by atoms with Gasteiger partial charge < -0.3 is 10.5 Å². The Balaban J connectivity index is 2.34. The van der Waals surface area contributed by atoms with E-state index in [2.05, 4.69) is 10.2 Å². The van der Waals surface area contributed by atoms with Crippen molar-refractivity contribution in [2.24, 2.45) is 5.73 Å². The highest BCUT2D eigenvalue weighted by Crippen LogP contribution is 2.25. The number of ether oxygens (including phenoxy) is 1. The minimum atomic E-state index is -0.514. The third-order valence-electron chi connectivity index (χ3n) is 3.06. The summed E-state index contributed by atoms with van der Waals surface area (Å²) >= 11 is 0.